The van der Waals surface area contributed by atoms with Gasteiger partial charge in [0, 0.05) is 42.0 Å². The first-order valence-electron chi connectivity index (χ1n) is 6.11. The monoisotopic (exact) mass is 447 g/mol. The van der Waals surface area contributed by atoms with Gasteiger partial charge in [0.05, 0.1) is 16.8 Å². The number of rotatable bonds is 5. The number of hydrogen-bond acceptors (Lipinski definition) is 5. The first-order valence-corrected chi connectivity index (χ1v) is 10.7. The van der Waals surface area contributed by atoms with Gasteiger partial charge in [-0.3, -0.25) is 8.77 Å². The third-order valence-corrected chi connectivity index (χ3v) is 5.15. The summed E-state index contributed by atoms with van der Waals surface area (Å²) in [6, 6.07) is 6.54. The summed E-state index contributed by atoms with van der Waals surface area (Å²) in [7, 11) is 1.30. The van der Waals surface area contributed by atoms with E-state index in [-0.39, 0.29) is 17.2 Å². The fraction of sp³-hybridized carbons (Fsp3) is 0.143. The molecule has 1 N–H and O–H groups in total. The van der Waals surface area contributed by atoms with E-state index in [0.717, 1.165) is 0 Å². The summed E-state index contributed by atoms with van der Waals surface area (Å²) < 4.78 is 18.6. The molecule has 22 heavy (non-hydrogen) atoms. The number of fused-ring (bicyclic) bond motifs is 1. The molecule has 0 aliphatic rings. The van der Waals surface area contributed by atoms with Crippen LogP contribution in [-0.2, 0) is 0 Å². The van der Waals surface area contributed by atoms with Crippen molar-refractivity contribution in [3.05, 3.63) is 41.4 Å². The average Bonchev–Trinajstić information content (AvgIpc) is 2.86. The summed E-state index contributed by atoms with van der Waals surface area (Å²) in [5, 5.41) is 9.64. The van der Waals surface area contributed by atoms with Crippen LogP contribution in [0.15, 0.2) is 29.8 Å². The highest BCUT2D eigenvalue weighted by Crippen LogP contribution is 2.33. The Labute approximate surface area is 148 Å². The molecule has 0 amide bonds. The second-order valence-corrected chi connectivity index (χ2v) is 6.53. The van der Waals surface area contributed by atoms with Crippen molar-refractivity contribution < 1.29 is 9.18 Å². The molecule has 0 radical (unpaired) electrons. The second-order valence-electron chi connectivity index (χ2n) is 4.23. The van der Waals surface area contributed by atoms with Crippen molar-refractivity contribution in [2.45, 2.75) is 6.92 Å². The van der Waals surface area contributed by atoms with Crippen molar-refractivity contribution in [1.29, 1.82) is 5.26 Å². The van der Waals surface area contributed by atoms with Crippen LogP contribution in [0.1, 0.15) is 17.4 Å². The standard InChI is InChI=1S/C14H11FIN3OS2/c1-3-8(7-17)14(20)13-5-9-4-10(15)11(18-21-2)6-12(9)19(13)22-16/h3-6,18H,1-2H3/b8-3+. The van der Waals surface area contributed by atoms with Crippen LogP contribution in [0.5, 0.6) is 0 Å². The maximum Gasteiger partial charge on any atom is 0.220 e. The maximum absolute atomic E-state index is 14.0. The van der Waals surface area contributed by atoms with E-state index < -0.39 is 0 Å². The lowest BCUT2D eigenvalue weighted by Gasteiger charge is -2.07. The third-order valence-electron chi connectivity index (χ3n) is 3.01. The number of carbonyl (C=O) groups excluding carboxylic acids is 1. The van der Waals surface area contributed by atoms with Crippen LogP contribution in [0, 0.1) is 17.1 Å². The van der Waals surface area contributed by atoms with Gasteiger partial charge in [0.2, 0.25) is 5.78 Å². The third kappa shape index (κ3) is 3.11. The van der Waals surface area contributed by atoms with E-state index in [2.05, 4.69) is 25.9 Å². The molecule has 1 aromatic heterocycles. The minimum absolute atomic E-state index is 0.0671. The number of benzene rings is 1. The van der Waals surface area contributed by atoms with Crippen molar-refractivity contribution in [2.24, 2.45) is 0 Å². The number of aromatic nitrogens is 1. The summed E-state index contributed by atoms with van der Waals surface area (Å²) in [6.07, 6.45) is 3.28. The molecule has 0 atom stereocenters. The molecule has 8 heteroatoms. The minimum Gasteiger partial charge on any atom is -0.327 e. The fourth-order valence-electron chi connectivity index (χ4n) is 2.01. The number of nitrogens with zero attached hydrogens (tertiary/aromatic N) is 2. The highest BCUT2D eigenvalue weighted by molar-refractivity contribution is 14.2. The molecule has 4 nitrogen and oxygen atoms in total. The summed E-state index contributed by atoms with van der Waals surface area (Å²) in [5.41, 5.74) is 1.49. The van der Waals surface area contributed by atoms with E-state index in [4.69, 9.17) is 5.26 Å². The normalized spacial score (nSPS) is 11.5. The molecule has 0 unspecified atom stereocenters. The van der Waals surface area contributed by atoms with Crippen LogP contribution in [0.25, 0.3) is 10.9 Å². The largest absolute Gasteiger partial charge is 0.327 e. The zero-order valence-electron chi connectivity index (χ0n) is 11.7. The van der Waals surface area contributed by atoms with Gasteiger partial charge >= 0.3 is 0 Å². The topological polar surface area (TPSA) is 57.8 Å². The van der Waals surface area contributed by atoms with Gasteiger partial charge < -0.3 is 4.72 Å². The molecule has 114 valence electrons. The molecule has 0 aliphatic carbocycles. The molecule has 0 fully saturated rings. The van der Waals surface area contributed by atoms with Gasteiger partial charge in [0.1, 0.15) is 17.6 Å². The van der Waals surface area contributed by atoms with E-state index in [1.54, 1.807) is 29.3 Å². The predicted octanol–water partition coefficient (Wildman–Crippen LogP) is 4.97. The van der Waals surface area contributed by atoms with Crippen LogP contribution in [0.3, 0.4) is 0 Å². The molecule has 0 bridgehead atoms. The van der Waals surface area contributed by atoms with E-state index in [9.17, 15) is 9.18 Å². The lowest BCUT2D eigenvalue weighted by atomic mass is 10.1. The van der Waals surface area contributed by atoms with Crippen LogP contribution in [0.2, 0.25) is 0 Å². The molecule has 1 aromatic carbocycles. The number of ketones is 1. The molecule has 2 aromatic rings. The van der Waals surface area contributed by atoms with Gasteiger partial charge in [0.15, 0.2) is 0 Å². The van der Waals surface area contributed by atoms with E-state index in [1.807, 2.05) is 6.07 Å². The first-order chi connectivity index (χ1) is 10.6. The zero-order chi connectivity index (χ0) is 16.3. The number of hydrogen-bond donors (Lipinski definition) is 1. The first kappa shape index (κ1) is 17.2. The fourth-order valence-corrected chi connectivity index (χ4v) is 4.10. The SMILES string of the molecule is C/C=C(\C#N)C(=O)c1cc2cc(F)c(NSC)cc2n1SI. The van der Waals surface area contributed by atoms with Gasteiger partial charge in [-0.2, -0.15) is 5.26 Å². The number of Topliss-reactive ketones (excluding diaryl/α,β-unsaturated/α-hetero) is 1. The molecule has 0 saturated carbocycles. The molecule has 1 heterocycles. The Morgan fingerprint density at radius 3 is 2.77 bits per heavy atom. The summed E-state index contributed by atoms with van der Waals surface area (Å²) in [4.78, 5) is 12.4. The number of nitrogens with one attached hydrogen (secondary N) is 1. The van der Waals surface area contributed by atoms with Crippen molar-refractivity contribution in [3.63, 3.8) is 0 Å². The van der Waals surface area contributed by atoms with Crippen molar-refractivity contribution in [2.75, 3.05) is 11.0 Å². The predicted molar refractivity (Wildman–Crippen MR) is 99.7 cm³/mol. The van der Waals surface area contributed by atoms with Crippen LogP contribution in [-0.4, -0.2) is 16.0 Å². The van der Waals surface area contributed by atoms with E-state index >= 15 is 0 Å². The quantitative estimate of drug-likeness (QED) is 0.231. The van der Waals surface area contributed by atoms with E-state index in [1.165, 1.54) is 33.2 Å². The van der Waals surface area contributed by atoms with E-state index in [0.29, 0.717) is 22.3 Å². The Hall–Kier alpha value is -1.18. The summed E-state index contributed by atoms with van der Waals surface area (Å²) >= 11 is 3.34. The molecular weight excluding hydrogens is 436 g/mol. The van der Waals surface area contributed by atoms with Crippen LogP contribution in [0.4, 0.5) is 10.1 Å². The number of nitriles is 1. The Morgan fingerprint density at radius 1 is 1.50 bits per heavy atom. The number of halogens is 2. The second kappa shape index (κ2) is 7.39. The molecular formula is C14H11FIN3OS2. The summed E-state index contributed by atoms with van der Waals surface area (Å²) in [5.74, 6) is -0.756. The molecule has 0 saturated heterocycles. The highest BCUT2D eigenvalue weighted by Gasteiger charge is 2.20. The number of anilines is 1. The van der Waals surface area contributed by atoms with Crippen LogP contribution >= 0.6 is 42.3 Å². The zero-order valence-corrected chi connectivity index (χ0v) is 15.5. The van der Waals surface area contributed by atoms with Gasteiger partial charge in [-0.1, -0.05) is 18.0 Å². The molecule has 0 aliphatic heterocycles. The van der Waals surface area contributed by atoms with Crippen molar-refractivity contribution >= 4 is 64.6 Å². The highest BCUT2D eigenvalue weighted by atomic mass is 127. The Kier molecular flexibility index (Phi) is 5.77. The van der Waals surface area contributed by atoms with Crippen LogP contribution < -0.4 is 4.72 Å². The maximum atomic E-state index is 14.0. The Bertz CT molecular complexity index is 811. The lowest BCUT2D eigenvalue weighted by Crippen LogP contribution is -2.06. The molecule has 2 rings (SSSR count). The number of carbonyl (C=O) groups is 1. The Balaban J connectivity index is 2.67. The van der Waals surface area contributed by atoms with Gasteiger partial charge in [-0.05, 0) is 25.1 Å². The van der Waals surface area contributed by atoms with Gasteiger partial charge in [-0.15, -0.1) is 0 Å². The lowest BCUT2D eigenvalue weighted by molar-refractivity contribution is 0.103. The molecule has 0 spiro atoms. The minimum atomic E-state index is -0.386. The number of allylic oxidation sites excluding steroid dienone is 2. The summed E-state index contributed by atoms with van der Waals surface area (Å²) in [6.45, 7) is 1.64. The Morgan fingerprint density at radius 2 is 2.23 bits per heavy atom. The van der Waals surface area contributed by atoms with Crippen molar-refractivity contribution in [1.82, 2.24) is 3.97 Å². The smallest absolute Gasteiger partial charge is 0.220 e. The van der Waals surface area contributed by atoms with Crippen molar-refractivity contribution in [3.8, 4) is 6.07 Å². The van der Waals surface area contributed by atoms with Gasteiger partial charge in [0.25, 0.3) is 0 Å². The average molecular weight is 447 g/mol. The van der Waals surface area contributed by atoms with Gasteiger partial charge in [-0.25, -0.2) is 4.39 Å².